The van der Waals surface area contributed by atoms with Crippen molar-refractivity contribution < 1.29 is 33.6 Å². The minimum absolute atomic E-state index is 0.0638. The average molecular weight is 628 g/mol. The molecule has 44 heavy (non-hydrogen) atoms. The highest BCUT2D eigenvalue weighted by atomic mass is 32.2. The van der Waals surface area contributed by atoms with Crippen LogP contribution in [0.5, 0.6) is 0 Å². The second kappa shape index (κ2) is 16.8. The Kier molecular flexibility index (Phi) is 13.1. The Balaban J connectivity index is 1.49. The van der Waals surface area contributed by atoms with E-state index in [9.17, 15) is 14.7 Å². The van der Waals surface area contributed by atoms with Crippen molar-refractivity contribution in [2.75, 3.05) is 31.8 Å². The third-order valence-corrected chi connectivity index (χ3v) is 9.10. The molecule has 2 fully saturated rings. The van der Waals surface area contributed by atoms with Crippen LogP contribution in [0.4, 0.5) is 0 Å². The van der Waals surface area contributed by atoms with Crippen molar-refractivity contribution in [2.45, 2.75) is 96.4 Å². The van der Waals surface area contributed by atoms with Crippen molar-refractivity contribution in [2.24, 2.45) is 5.92 Å². The van der Waals surface area contributed by atoms with E-state index in [2.05, 4.69) is 5.32 Å². The van der Waals surface area contributed by atoms with Crippen LogP contribution in [0.2, 0.25) is 0 Å². The fourth-order valence-corrected chi connectivity index (χ4v) is 6.55. The largest absolute Gasteiger partial charge is 0.480 e. The van der Waals surface area contributed by atoms with Gasteiger partial charge in [-0.1, -0.05) is 62.4 Å². The normalized spacial score (nSPS) is 19.9. The molecule has 1 amide bonds. The molecule has 8 nitrogen and oxygen atoms in total. The van der Waals surface area contributed by atoms with Gasteiger partial charge in [-0.3, -0.25) is 4.79 Å². The highest BCUT2D eigenvalue weighted by Crippen LogP contribution is 2.31. The summed E-state index contributed by atoms with van der Waals surface area (Å²) in [5, 5.41) is 12.4. The van der Waals surface area contributed by atoms with Crippen LogP contribution in [0, 0.1) is 12.8 Å². The topological polar surface area (TPSA) is 103 Å². The molecule has 4 rings (SSSR count). The number of thioether (sulfide) groups is 1. The van der Waals surface area contributed by atoms with Gasteiger partial charge in [0, 0.05) is 5.56 Å². The molecule has 1 saturated heterocycles. The summed E-state index contributed by atoms with van der Waals surface area (Å²) in [5.74, 6) is -0.730. The highest BCUT2D eigenvalue weighted by Gasteiger charge is 2.33. The third kappa shape index (κ3) is 10.3. The van der Waals surface area contributed by atoms with Crippen molar-refractivity contribution in [3.63, 3.8) is 0 Å². The molecule has 0 spiro atoms. The maximum Gasteiger partial charge on any atom is 0.326 e. The molecular formula is C35H49NO7S. The predicted octanol–water partition coefficient (Wildman–Crippen LogP) is 6.62. The molecule has 3 unspecified atom stereocenters. The number of aryl methyl sites for hydroxylation is 1. The fraction of sp³-hybridized carbons (Fsp3) is 0.600. The zero-order chi connectivity index (χ0) is 31.5. The van der Waals surface area contributed by atoms with Gasteiger partial charge in [0.05, 0.1) is 32.5 Å². The van der Waals surface area contributed by atoms with Gasteiger partial charge in [0.25, 0.3) is 5.91 Å². The number of carboxylic acid groups (broad SMARTS) is 1. The van der Waals surface area contributed by atoms with Crippen LogP contribution in [0.3, 0.4) is 0 Å². The standard InChI is InChI=1S/C35H49NO7S/c1-24-10-8-9-13-29(24)31-19-26(14-15-30(31)33(37)36-32(34(38)39)16-17-44-4)20-41-27(18-25-11-6-5-7-12-25)21-40-22-28-23-42-35(2,3)43-28/h8-10,13-15,19,25,27-28,32H,5-7,11-12,16-18,20-23H2,1-4H3,(H,36,37)(H,38,39). The summed E-state index contributed by atoms with van der Waals surface area (Å²) in [6, 6.07) is 12.7. The number of amides is 1. The van der Waals surface area contributed by atoms with Crippen molar-refractivity contribution in [3.05, 3.63) is 59.2 Å². The van der Waals surface area contributed by atoms with Crippen LogP contribution in [0.15, 0.2) is 42.5 Å². The molecule has 2 aliphatic rings. The summed E-state index contributed by atoms with van der Waals surface area (Å²) in [6.45, 7) is 7.68. The maximum atomic E-state index is 13.4. The second-order valence-corrected chi connectivity index (χ2v) is 13.5. The van der Waals surface area contributed by atoms with Gasteiger partial charge in [-0.05, 0) is 85.9 Å². The summed E-state index contributed by atoms with van der Waals surface area (Å²) in [6.07, 6.45) is 9.37. The Morgan fingerprint density at radius 1 is 1.11 bits per heavy atom. The van der Waals surface area contributed by atoms with Gasteiger partial charge >= 0.3 is 5.97 Å². The number of carbonyl (C=O) groups excluding carboxylic acids is 1. The minimum Gasteiger partial charge on any atom is -0.480 e. The van der Waals surface area contributed by atoms with E-state index in [1.54, 1.807) is 17.8 Å². The number of carbonyl (C=O) groups is 2. The number of benzene rings is 2. The molecule has 242 valence electrons. The lowest BCUT2D eigenvalue weighted by atomic mass is 9.85. The zero-order valence-electron chi connectivity index (χ0n) is 26.6. The van der Waals surface area contributed by atoms with Crippen molar-refractivity contribution >= 4 is 23.6 Å². The maximum absolute atomic E-state index is 13.4. The van der Waals surface area contributed by atoms with E-state index >= 15 is 0 Å². The Labute approximate surface area is 266 Å². The van der Waals surface area contributed by atoms with Crippen molar-refractivity contribution in [3.8, 4) is 11.1 Å². The number of hydrogen-bond donors (Lipinski definition) is 2. The third-order valence-electron chi connectivity index (χ3n) is 8.46. The van der Waals surface area contributed by atoms with E-state index in [0.717, 1.165) is 28.7 Å². The summed E-state index contributed by atoms with van der Waals surface area (Å²) >= 11 is 1.55. The SMILES string of the molecule is CSCCC(NC(=O)c1ccc(COC(COCC2COC(C)(C)O2)CC2CCCCC2)cc1-c1ccccc1C)C(=O)O. The van der Waals surface area contributed by atoms with Crippen LogP contribution in [-0.2, 0) is 30.3 Å². The lowest BCUT2D eigenvalue weighted by molar-refractivity contribution is -0.147. The molecule has 9 heteroatoms. The molecule has 1 heterocycles. The van der Waals surface area contributed by atoms with Crippen molar-refractivity contribution in [1.29, 1.82) is 0 Å². The number of aliphatic carboxylic acids is 1. The van der Waals surface area contributed by atoms with Crippen molar-refractivity contribution in [1.82, 2.24) is 5.32 Å². The quantitative estimate of drug-likeness (QED) is 0.214. The molecule has 0 aromatic heterocycles. The van der Waals surface area contributed by atoms with Gasteiger partial charge in [-0.25, -0.2) is 4.79 Å². The molecule has 2 aromatic carbocycles. The van der Waals surface area contributed by atoms with Crippen LogP contribution in [0.1, 0.15) is 80.3 Å². The molecule has 0 radical (unpaired) electrons. The Morgan fingerprint density at radius 3 is 2.57 bits per heavy atom. The van der Waals surface area contributed by atoms with Gasteiger partial charge in [0.1, 0.15) is 12.1 Å². The van der Waals surface area contributed by atoms with Gasteiger partial charge in [0.15, 0.2) is 5.79 Å². The first-order chi connectivity index (χ1) is 21.1. The van der Waals surface area contributed by atoms with Crippen LogP contribution < -0.4 is 5.32 Å². The number of nitrogens with one attached hydrogen (secondary N) is 1. The Bertz CT molecular complexity index is 1230. The summed E-state index contributed by atoms with van der Waals surface area (Å²) in [7, 11) is 0. The minimum atomic E-state index is -1.03. The van der Waals surface area contributed by atoms with Gasteiger partial charge in [-0.15, -0.1) is 0 Å². The highest BCUT2D eigenvalue weighted by molar-refractivity contribution is 7.98. The first-order valence-electron chi connectivity index (χ1n) is 15.9. The van der Waals surface area contributed by atoms with Crippen LogP contribution in [0.25, 0.3) is 11.1 Å². The summed E-state index contributed by atoms with van der Waals surface area (Å²) < 4.78 is 24.2. The van der Waals surface area contributed by atoms with E-state index in [1.807, 2.05) is 63.4 Å². The van der Waals surface area contributed by atoms with E-state index in [1.165, 1.54) is 32.1 Å². The molecule has 0 bridgehead atoms. The zero-order valence-corrected chi connectivity index (χ0v) is 27.5. The molecule has 1 aliphatic heterocycles. The number of carboxylic acids is 1. The van der Waals surface area contributed by atoms with E-state index < -0.39 is 23.7 Å². The monoisotopic (exact) mass is 627 g/mol. The number of rotatable bonds is 16. The first kappa shape index (κ1) is 34.4. The van der Waals surface area contributed by atoms with Gasteiger partial charge in [-0.2, -0.15) is 11.8 Å². The number of hydrogen-bond acceptors (Lipinski definition) is 7. The second-order valence-electron chi connectivity index (χ2n) is 12.5. The predicted molar refractivity (Wildman–Crippen MR) is 174 cm³/mol. The molecule has 1 aliphatic carbocycles. The van der Waals surface area contributed by atoms with E-state index in [4.69, 9.17) is 18.9 Å². The average Bonchev–Trinajstić information content (AvgIpc) is 3.36. The van der Waals surface area contributed by atoms with Gasteiger partial charge < -0.3 is 29.4 Å². The van der Waals surface area contributed by atoms with Crippen LogP contribution >= 0.6 is 11.8 Å². The first-order valence-corrected chi connectivity index (χ1v) is 17.3. The fourth-order valence-electron chi connectivity index (χ4n) is 6.08. The lowest BCUT2D eigenvalue weighted by Crippen LogP contribution is -2.41. The van der Waals surface area contributed by atoms with Gasteiger partial charge in [0.2, 0.25) is 0 Å². The summed E-state index contributed by atoms with van der Waals surface area (Å²) in [5.41, 5.74) is 4.11. The van der Waals surface area contributed by atoms with E-state index in [-0.39, 0.29) is 12.2 Å². The van der Waals surface area contributed by atoms with E-state index in [0.29, 0.717) is 50.1 Å². The molecule has 2 aromatic rings. The Hall–Kier alpha value is -2.43. The lowest BCUT2D eigenvalue weighted by Gasteiger charge is -2.27. The number of ether oxygens (including phenoxy) is 4. The molecule has 1 saturated carbocycles. The van der Waals surface area contributed by atoms with Crippen LogP contribution in [-0.4, -0.2) is 72.8 Å². The Morgan fingerprint density at radius 2 is 1.89 bits per heavy atom. The molecule has 3 atom stereocenters. The summed E-state index contributed by atoms with van der Waals surface area (Å²) in [4.78, 5) is 25.3. The molecular weight excluding hydrogens is 578 g/mol. The smallest absolute Gasteiger partial charge is 0.326 e. The molecule has 2 N–H and O–H groups in total.